The van der Waals surface area contributed by atoms with Gasteiger partial charge in [-0.05, 0) is 36.8 Å². The summed E-state index contributed by atoms with van der Waals surface area (Å²) in [6, 6.07) is 21.2. The Morgan fingerprint density at radius 2 is 1.89 bits per heavy atom. The number of amides is 1. The number of pyridine rings is 1. The minimum absolute atomic E-state index is 0.201. The first kappa shape index (κ1) is 18.5. The van der Waals surface area contributed by atoms with E-state index in [2.05, 4.69) is 34.3 Å². The van der Waals surface area contributed by atoms with Crippen LogP contribution in [-0.4, -0.2) is 24.5 Å². The Balaban J connectivity index is 1.69. The number of nitrogens with one attached hydrogen (secondary N) is 1. The third kappa shape index (κ3) is 4.85. The summed E-state index contributed by atoms with van der Waals surface area (Å²) in [4.78, 5) is 19.1. The number of carbonyl (C=O) groups is 1. The van der Waals surface area contributed by atoms with Crippen LogP contribution in [0.2, 0.25) is 0 Å². The number of hydrogen-bond donors (Lipinski definition) is 1. The largest absolute Gasteiger partial charge is 0.497 e. The van der Waals surface area contributed by atoms with Gasteiger partial charge in [0.15, 0.2) is 0 Å². The molecule has 0 saturated carbocycles. The van der Waals surface area contributed by atoms with Crippen molar-refractivity contribution in [2.75, 3.05) is 23.9 Å². The molecule has 0 aliphatic heterocycles. The SMILES string of the molecule is CCN(Cc1ccccc1)c1ccc(C(=O)Nc2cccc(OC)c2)cn1. The van der Waals surface area contributed by atoms with Crippen LogP contribution < -0.4 is 15.0 Å². The normalized spacial score (nSPS) is 10.3. The summed E-state index contributed by atoms with van der Waals surface area (Å²) in [5.74, 6) is 1.34. The predicted octanol–water partition coefficient (Wildman–Crippen LogP) is 4.37. The van der Waals surface area contributed by atoms with Crippen molar-refractivity contribution in [2.45, 2.75) is 13.5 Å². The third-order valence-corrected chi connectivity index (χ3v) is 4.26. The molecule has 0 aliphatic rings. The minimum atomic E-state index is -0.201. The average Bonchev–Trinajstić information content (AvgIpc) is 2.73. The van der Waals surface area contributed by atoms with Crippen LogP contribution in [0.15, 0.2) is 72.9 Å². The number of nitrogens with zero attached hydrogens (tertiary/aromatic N) is 2. The molecule has 0 spiro atoms. The van der Waals surface area contributed by atoms with Crippen LogP contribution in [0, 0.1) is 0 Å². The van der Waals surface area contributed by atoms with Crippen molar-refractivity contribution in [2.24, 2.45) is 0 Å². The van der Waals surface area contributed by atoms with E-state index in [0.717, 1.165) is 18.9 Å². The van der Waals surface area contributed by atoms with Crippen LogP contribution in [0.4, 0.5) is 11.5 Å². The Labute approximate surface area is 159 Å². The summed E-state index contributed by atoms with van der Waals surface area (Å²) < 4.78 is 5.18. The Bertz CT molecular complexity index is 880. The van der Waals surface area contributed by atoms with Gasteiger partial charge in [0, 0.05) is 31.0 Å². The second-order valence-corrected chi connectivity index (χ2v) is 6.09. The standard InChI is InChI=1S/C22H23N3O2/c1-3-25(16-17-8-5-4-6-9-17)21-13-12-18(15-23-21)22(26)24-19-10-7-11-20(14-19)27-2/h4-15H,3,16H2,1-2H3,(H,24,26). The number of hydrogen-bond acceptors (Lipinski definition) is 4. The molecule has 0 aliphatic carbocycles. The van der Waals surface area contributed by atoms with E-state index < -0.39 is 0 Å². The first-order valence-electron chi connectivity index (χ1n) is 8.90. The highest BCUT2D eigenvalue weighted by Gasteiger charge is 2.10. The number of methoxy groups -OCH3 is 1. The minimum Gasteiger partial charge on any atom is -0.497 e. The molecule has 27 heavy (non-hydrogen) atoms. The van der Waals surface area contributed by atoms with Crippen molar-refractivity contribution in [3.05, 3.63) is 84.1 Å². The molecule has 1 amide bonds. The molecule has 0 saturated heterocycles. The van der Waals surface area contributed by atoms with Crippen molar-refractivity contribution in [1.29, 1.82) is 0 Å². The van der Waals surface area contributed by atoms with E-state index >= 15 is 0 Å². The van der Waals surface area contributed by atoms with Gasteiger partial charge in [-0.2, -0.15) is 0 Å². The maximum atomic E-state index is 12.4. The first-order valence-corrected chi connectivity index (χ1v) is 8.90. The Morgan fingerprint density at radius 1 is 1.07 bits per heavy atom. The van der Waals surface area contributed by atoms with Crippen molar-refractivity contribution in [3.8, 4) is 5.75 Å². The number of aromatic nitrogens is 1. The predicted molar refractivity (Wildman–Crippen MR) is 108 cm³/mol. The molecule has 1 heterocycles. The van der Waals surface area contributed by atoms with Crippen molar-refractivity contribution < 1.29 is 9.53 Å². The van der Waals surface area contributed by atoms with Gasteiger partial charge in [0.1, 0.15) is 11.6 Å². The quantitative estimate of drug-likeness (QED) is 0.679. The molecule has 2 aromatic carbocycles. The van der Waals surface area contributed by atoms with Crippen LogP contribution in [0.3, 0.4) is 0 Å². The fraction of sp³-hybridized carbons (Fsp3) is 0.182. The van der Waals surface area contributed by atoms with Crippen LogP contribution in [0.5, 0.6) is 5.75 Å². The molecule has 5 nitrogen and oxygen atoms in total. The van der Waals surface area contributed by atoms with Crippen LogP contribution in [-0.2, 0) is 6.54 Å². The van der Waals surface area contributed by atoms with Gasteiger partial charge in [0.05, 0.1) is 12.7 Å². The Morgan fingerprint density at radius 3 is 2.56 bits per heavy atom. The maximum absolute atomic E-state index is 12.4. The van der Waals surface area contributed by atoms with E-state index in [1.807, 2.05) is 42.5 Å². The summed E-state index contributed by atoms with van der Waals surface area (Å²) in [5, 5.41) is 2.86. The summed E-state index contributed by atoms with van der Waals surface area (Å²) in [7, 11) is 1.60. The molecule has 0 unspecified atom stereocenters. The number of carbonyl (C=O) groups excluding carboxylic acids is 1. The van der Waals surface area contributed by atoms with Gasteiger partial charge in [-0.15, -0.1) is 0 Å². The molecule has 0 fully saturated rings. The topological polar surface area (TPSA) is 54.5 Å². The zero-order chi connectivity index (χ0) is 19.1. The van der Waals surface area contributed by atoms with E-state index in [1.54, 1.807) is 25.4 Å². The van der Waals surface area contributed by atoms with Gasteiger partial charge in [0.2, 0.25) is 0 Å². The highest BCUT2D eigenvalue weighted by Crippen LogP contribution is 2.19. The van der Waals surface area contributed by atoms with E-state index in [4.69, 9.17) is 4.74 Å². The van der Waals surface area contributed by atoms with E-state index in [-0.39, 0.29) is 5.91 Å². The molecule has 0 atom stereocenters. The summed E-state index contributed by atoms with van der Waals surface area (Å²) >= 11 is 0. The number of anilines is 2. The van der Waals surface area contributed by atoms with Gasteiger partial charge < -0.3 is 15.0 Å². The summed E-state index contributed by atoms with van der Waals surface area (Å²) in [6.07, 6.45) is 1.61. The second kappa shape index (κ2) is 8.85. The summed E-state index contributed by atoms with van der Waals surface area (Å²) in [6.45, 7) is 3.70. The van der Waals surface area contributed by atoms with Crippen molar-refractivity contribution >= 4 is 17.4 Å². The fourth-order valence-electron chi connectivity index (χ4n) is 2.77. The first-order chi connectivity index (χ1) is 13.2. The van der Waals surface area contributed by atoms with Crippen LogP contribution >= 0.6 is 0 Å². The lowest BCUT2D eigenvalue weighted by atomic mass is 10.2. The number of rotatable bonds is 7. The van der Waals surface area contributed by atoms with Crippen LogP contribution in [0.25, 0.3) is 0 Å². The lowest BCUT2D eigenvalue weighted by Crippen LogP contribution is -2.23. The molecule has 0 bridgehead atoms. The maximum Gasteiger partial charge on any atom is 0.257 e. The molecule has 138 valence electrons. The second-order valence-electron chi connectivity index (χ2n) is 6.09. The Hall–Kier alpha value is -3.34. The molecule has 5 heteroatoms. The molecular weight excluding hydrogens is 338 g/mol. The van der Waals surface area contributed by atoms with E-state index in [9.17, 15) is 4.79 Å². The molecule has 1 N–H and O–H groups in total. The fourth-order valence-corrected chi connectivity index (χ4v) is 2.77. The molecule has 3 aromatic rings. The lowest BCUT2D eigenvalue weighted by Gasteiger charge is -2.22. The number of ether oxygens (including phenoxy) is 1. The molecule has 0 radical (unpaired) electrons. The molecule has 1 aromatic heterocycles. The van der Waals surface area contributed by atoms with Crippen molar-refractivity contribution in [1.82, 2.24) is 4.98 Å². The lowest BCUT2D eigenvalue weighted by molar-refractivity contribution is 0.102. The third-order valence-electron chi connectivity index (χ3n) is 4.26. The van der Waals surface area contributed by atoms with Gasteiger partial charge in [-0.25, -0.2) is 4.98 Å². The zero-order valence-corrected chi connectivity index (χ0v) is 15.6. The highest BCUT2D eigenvalue weighted by atomic mass is 16.5. The smallest absolute Gasteiger partial charge is 0.257 e. The molecule has 3 rings (SSSR count). The average molecular weight is 361 g/mol. The van der Waals surface area contributed by atoms with E-state index in [1.165, 1.54) is 5.56 Å². The highest BCUT2D eigenvalue weighted by molar-refractivity contribution is 6.04. The van der Waals surface area contributed by atoms with Gasteiger partial charge in [-0.3, -0.25) is 4.79 Å². The number of benzene rings is 2. The zero-order valence-electron chi connectivity index (χ0n) is 15.6. The molecular formula is C22H23N3O2. The van der Waals surface area contributed by atoms with Gasteiger partial charge >= 0.3 is 0 Å². The Kier molecular flexibility index (Phi) is 6.05. The van der Waals surface area contributed by atoms with Gasteiger partial charge in [-0.1, -0.05) is 36.4 Å². The van der Waals surface area contributed by atoms with Gasteiger partial charge in [0.25, 0.3) is 5.91 Å². The summed E-state index contributed by atoms with van der Waals surface area (Å²) in [5.41, 5.74) is 2.42. The van der Waals surface area contributed by atoms with Crippen molar-refractivity contribution in [3.63, 3.8) is 0 Å². The van der Waals surface area contributed by atoms with Crippen LogP contribution in [0.1, 0.15) is 22.8 Å². The van der Waals surface area contributed by atoms with E-state index in [0.29, 0.717) is 17.0 Å². The monoisotopic (exact) mass is 361 g/mol.